The maximum absolute atomic E-state index is 13.2. The Labute approximate surface area is 198 Å². The third-order valence-corrected chi connectivity index (χ3v) is 6.31. The van der Waals surface area contributed by atoms with Gasteiger partial charge in [-0.2, -0.15) is 8.78 Å². The Morgan fingerprint density at radius 1 is 1.20 bits per heavy atom. The Morgan fingerprint density at radius 2 is 2.03 bits per heavy atom. The minimum absolute atomic E-state index is 0.0572. The average Bonchev–Trinajstić information content (AvgIpc) is 3.18. The van der Waals surface area contributed by atoms with Crippen molar-refractivity contribution in [2.24, 2.45) is 7.05 Å². The predicted molar refractivity (Wildman–Crippen MR) is 124 cm³/mol. The molecule has 3 aromatic heterocycles. The summed E-state index contributed by atoms with van der Waals surface area (Å²) in [4.78, 5) is 15.9. The van der Waals surface area contributed by atoms with Crippen LogP contribution < -0.4 is 15.0 Å². The molecule has 12 heteroatoms. The summed E-state index contributed by atoms with van der Waals surface area (Å²) in [5, 5.41) is 11.7. The number of anilines is 3. The summed E-state index contributed by atoms with van der Waals surface area (Å²) < 4.78 is 38.6. The number of halogens is 2. The van der Waals surface area contributed by atoms with Gasteiger partial charge in [-0.1, -0.05) is 0 Å². The van der Waals surface area contributed by atoms with Gasteiger partial charge in [-0.25, -0.2) is 15.0 Å². The van der Waals surface area contributed by atoms with Crippen molar-refractivity contribution in [3.05, 3.63) is 42.5 Å². The summed E-state index contributed by atoms with van der Waals surface area (Å²) in [6, 6.07) is 6.75. The summed E-state index contributed by atoms with van der Waals surface area (Å²) in [7, 11) is 1.77. The van der Waals surface area contributed by atoms with Gasteiger partial charge in [0.25, 0.3) is 0 Å². The second kappa shape index (κ2) is 8.08. The van der Waals surface area contributed by atoms with E-state index in [4.69, 9.17) is 14.5 Å². The third-order valence-electron chi connectivity index (χ3n) is 6.31. The van der Waals surface area contributed by atoms with Crippen molar-refractivity contribution < 1.29 is 18.3 Å². The summed E-state index contributed by atoms with van der Waals surface area (Å²) in [6.45, 7) is 1.25. The molecule has 0 bridgehead atoms. The number of ether oxygens (including phenoxy) is 2. The molecule has 2 aliphatic heterocycles. The summed E-state index contributed by atoms with van der Waals surface area (Å²) in [6.07, 6.45) is 4.27. The zero-order chi connectivity index (χ0) is 24.2. The van der Waals surface area contributed by atoms with Gasteiger partial charge in [0.1, 0.15) is 23.2 Å². The number of hydrogen-bond acceptors (Lipinski definition) is 9. The minimum atomic E-state index is -3.01. The molecule has 1 spiro atoms. The lowest BCUT2D eigenvalue weighted by Gasteiger charge is -2.55. The fraction of sp³-hybridized carbons (Fsp3) is 0.348. The van der Waals surface area contributed by atoms with E-state index in [0.717, 1.165) is 43.0 Å². The quantitative estimate of drug-likeness (QED) is 0.444. The van der Waals surface area contributed by atoms with E-state index in [1.807, 2.05) is 13.0 Å². The molecule has 0 saturated carbocycles. The average molecular weight is 480 g/mol. The highest BCUT2D eigenvalue weighted by atomic mass is 19.3. The second-order valence-electron chi connectivity index (χ2n) is 8.84. The molecule has 1 aromatic carbocycles. The highest BCUT2D eigenvalue weighted by Crippen LogP contribution is 2.40. The molecule has 5 heterocycles. The van der Waals surface area contributed by atoms with Gasteiger partial charge >= 0.3 is 6.61 Å². The van der Waals surface area contributed by atoms with Crippen molar-refractivity contribution in [2.45, 2.75) is 25.6 Å². The van der Waals surface area contributed by atoms with Crippen molar-refractivity contribution in [3.8, 4) is 17.1 Å². The SMILES string of the molecule is Cc1cc2cnc(Nc3ccc(-c4nncn4C)cc3OC(F)F)nc2c(N2CC3(CCO3)C2)n1. The van der Waals surface area contributed by atoms with Crippen LogP contribution >= 0.6 is 0 Å². The van der Waals surface area contributed by atoms with Crippen molar-refractivity contribution in [1.82, 2.24) is 29.7 Å². The Morgan fingerprint density at radius 3 is 2.71 bits per heavy atom. The normalized spacial score (nSPS) is 16.4. The van der Waals surface area contributed by atoms with Gasteiger partial charge < -0.3 is 24.3 Å². The minimum Gasteiger partial charge on any atom is -0.433 e. The number of aryl methyl sites for hydroxylation is 2. The molecule has 0 atom stereocenters. The van der Waals surface area contributed by atoms with Crippen LogP contribution in [0.25, 0.3) is 22.3 Å². The fourth-order valence-electron chi connectivity index (χ4n) is 4.50. The summed E-state index contributed by atoms with van der Waals surface area (Å²) in [5.41, 5.74) is 2.35. The molecule has 2 saturated heterocycles. The molecule has 1 N–H and O–H groups in total. The van der Waals surface area contributed by atoms with Crippen LogP contribution in [0, 0.1) is 6.92 Å². The number of nitrogens with one attached hydrogen (secondary N) is 1. The van der Waals surface area contributed by atoms with Gasteiger partial charge in [-0.05, 0) is 31.2 Å². The highest BCUT2D eigenvalue weighted by molar-refractivity contribution is 5.90. The van der Waals surface area contributed by atoms with Gasteiger partial charge in [0.2, 0.25) is 5.95 Å². The summed E-state index contributed by atoms with van der Waals surface area (Å²) in [5.74, 6) is 1.46. The lowest BCUT2D eigenvalue weighted by atomic mass is 9.86. The van der Waals surface area contributed by atoms with Gasteiger partial charge in [0.05, 0.1) is 25.4 Å². The van der Waals surface area contributed by atoms with E-state index in [9.17, 15) is 8.78 Å². The lowest BCUT2D eigenvalue weighted by molar-refractivity contribution is -0.161. The number of nitrogens with zero attached hydrogens (tertiary/aromatic N) is 7. The molecule has 0 aliphatic carbocycles. The predicted octanol–water partition coefficient (Wildman–Crippen LogP) is 3.45. The number of rotatable bonds is 6. The van der Waals surface area contributed by atoms with Crippen molar-refractivity contribution in [1.29, 1.82) is 0 Å². The monoisotopic (exact) mass is 480 g/mol. The first-order valence-corrected chi connectivity index (χ1v) is 11.1. The van der Waals surface area contributed by atoms with E-state index in [1.165, 1.54) is 12.4 Å². The van der Waals surface area contributed by atoms with Gasteiger partial charge in [-0.15, -0.1) is 10.2 Å². The first-order chi connectivity index (χ1) is 16.9. The molecule has 4 aromatic rings. The third kappa shape index (κ3) is 3.89. The number of aromatic nitrogens is 6. The fourth-order valence-corrected chi connectivity index (χ4v) is 4.50. The molecule has 35 heavy (non-hydrogen) atoms. The zero-order valence-electron chi connectivity index (χ0n) is 19.1. The van der Waals surface area contributed by atoms with Gasteiger partial charge in [-0.3, -0.25) is 0 Å². The van der Waals surface area contributed by atoms with Gasteiger partial charge in [0, 0.05) is 36.3 Å². The molecule has 0 amide bonds. The highest BCUT2D eigenvalue weighted by Gasteiger charge is 2.50. The molecule has 6 rings (SSSR count). The molecular weight excluding hydrogens is 458 g/mol. The lowest BCUT2D eigenvalue weighted by Crippen LogP contribution is -2.68. The van der Waals surface area contributed by atoms with E-state index >= 15 is 0 Å². The number of benzene rings is 1. The van der Waals surface area contributed by atoms with E-state index in [-0.39, 0.29) is 17.3 Å². The second-order valence-corrected chi connectivity index (χ2v) is 8.84. The van der Waals surface area contributed by atoms with Crippen LogP contribution in [-0.4, -0.2) is 61.6 Å². The number of alkyl halides is 2. The van der Waals surface area contributed by atoms with Crippen LogP contribution in [-0.2, 0) is 11.8 Å². The van der Waals surface area contributed by atoms with E-state index in [0.29, 0.717) is 22.6 Å². The van der Waals surface area contributed by atoms with E-state index < -0.39 is 6.61 Å². The standard InChI is InChI=1S/C23H22F2N8O2/c1-13-7-15-9-26-22(30-18(15)20(28-13)33-10-23(11-33)5-6-34-23)29-16-4-3-14(8-17(16)35-21(24)25)19-31-27-12-32(19)2/h3-4,7-9,12,21H,5-6,10-11H2,1-2H3,(H,26,29,30). The Balaban J connectivity index is 1.34. The van der Waals surface area contributed by atoms with E-state index in [1.54, 1.807) is 29.9 Å². The van der Waals surface area contributed by atoms with Gasteiger partial charge in [0.15, 0.2) is 11.6 Å². The largest absolute Gasteiger partial charge is 0.433 e. The van der Waals surface area contributed by atoms with Crippen LogP contribution in [0.1, 0.15) is 12.1 Å². The van der Waals surface area contributed by atoms with Crippen molar-refractivity contribution >= 4 is 28.4 Å². The molecule has 0 unspecified atom stereocenters. The maximum atomic E-state index is 13.2. The topological polar surface area (TPSA) is 103 Å². The number of fused-ring (bicyclic) bond motifs is 1. The molecule has 10 nitrogen and oxygen atoms in total. The van der Waals surface area contributed by atoms with Crippen LogP contribution in [0.15, 0.2) is 36.8 Å². The zero-order valence-corrected chi connectivity index (χ0v) is 19.1. The first-order valence-electron chi connectivity index (χ1n) is 11.1. The molecule has 0 radical (unpaired) electrons. The molecule has 2 fully saturated rings. The maximum Gasteiger partial charge on any atom is 0.387 e. The van der Waals surface area contributed by atoms with Crippen molar-refractivity contribution in [3.63, 3.8) is 0 Å². The van der Waals surface area contributed by atoms with Crippen LogP contribution in [0.2, 0.25) is 0 Å². The van der Waals surface area contributed by atoms with Crippen LogP contribution in [0.5, 0.6) is 5.75 Å². The van der Waals surface area contributed by atoms with E-state index in [2.05, 4.69) is 30.4 Å². The Hall–Kier alpha value is -3.93. The summed E-state index contributed by atoms with van der Waals surface area (Å²) >= 11 is 0. The number of hydrogen-bond donors (Lipinski definition) is 1. The van der Waals surface area contributed by atoms with Crippen LogP contribution in [0.3, 0.4) is 0 Å². The number of pyridine rings is 1. The first kappa shape index (κ1) is 21.6. The molecule has 180 valence electrons. The Kier molecular flexibility index (Phi) is 4.99. The van der Waals surface area contributed by atoms with Crippen LogP contribution in [0.4, 0.5) is 26.2 Å². The smallest absolute Gasteiger partial charge is 0.387 e. The molecular formula is C23H22F2N8O2. The molecule has 2 aliphatic rings. The van der Waals surface area contributed by atoms with Crippen molar-refractivity contribution in [2.75, 3.05) is 29.9 Å². The Bertz CT molecular complexity index is 1410.